The smallest absolute Gasteiger partial charge is 0.386 e. The van der Waals surface area contributed by atoms with Crippen molar-refractivity contribution in [2.75, 3.05) is 5.32 Å². The Balaban J connectivity index is 1.89. The minimum absolute atomic E-state index is 0.0353. The molecule has 3 nitrogen and oxygen atoms in total. The van der Waals surface area contributed by atoms with E-state index in [4.69, 9.17) is 12.2 Å². The summed E-state index contributed by atoms with van der Waals surface area (Å²) in [6.07, 6.45) is -11.1. The first-order valence-electron chi connectivity index (χ1n) is 9.60. The highest BCUT2D eigenvalue weighted by atomic mass is 32.1. The van der Waals surface area contributed by atoms with Crippen molar-refractivity contribution in [3.8, 4) is 0 Å². The van der Waals surface area contributed by atoms with Gasteiger partial charge in [0.05, 0.1) is 17.2 Å². The molecule has 0 aliphatic rings. The molecule has 3 N–H and O–H groups in total. The monoisotopic (exact) mass is 484 g/mol. The van der Waals surface area contributed by atoms with E-state index in [2.05, 4.69) is 10.6 Å². The number of thiocarbonyl (C=S) groups is 1. The molecule has 174 valence electrons. The Bertz CT molecular complexity index is 1060. The number of benzene rings is 3. The van der Waals surface area contributed by atoms with E-state index >= 15 is 0 Å². The number of anilines is 1. The van der Waals surface area contributed by atoms with Gasteiger partial charge in [-0.3, -0.25) is 0 Å². The van der Waals surface area contributed by atoms with Crippen molar-refractivity contribution < 1.29 is 31.4 Å². The van der Waals surface area contributed by atoms with E-state index in [1.54, 1.807) is 60.7 Å². The number of hydrogen-bond acceptors (Lipinski definition) is 2. The van der Waals surface area contributed by atoms with Crippen LogP contribution in [0.15, 0.2) is 78.9 Å². The second kappa shape index (κ2) is 9.80. The Morgan fingerprint density at radius 3 is 1.64 bits per heavy atom. The second-order valence-electron chi connectivity index (χ2n) is 7.14. The lowest BCUT2D eigenvalue weighted by Crippen LogP contribution is -2.35. The molecule has 2 atom stereocenters. The van der Waals surface area contributed by atoms with Crippen LogP contribution in [0.3, 0.4) is 0 Å². The van der Waals surface area contributed by atoms with Gasteiger partial charge in [0.15, 0.2) is 5.11 Å². The Hall–Kier alpha value is -3.11. The standard InChI is InChI=1S/C23H18F6N2OS/c24-22(25,26)16-11-17(23(27,28)29)13-18(12-16)30-21(33)31-19(14-7-3-1-4-8-14)20(32)15-9-5-2-6-10-15/h1-13,19-20,32H,(H2,30,31,33)/t19-,20-/m1/s1. The first kappa shape index (κ1) is 24.5. The van der Waals surface area contributed by atoms with Gasteiger partial charge in [-0.2, -0.15) is 26.3 Å². The van der Waals surface area contributed by atoms with Crippen molar-refractivity contribution in [2.45, 2.75) is 24.5 Å². The number of nitrogens with one attached hydrogen (secondary N) is 2. The molecule has 0 radical (unpaired) electrons. The van der Waals surface area contributed by atoms with Gasteiger partial charge in [0, 0.05) is 5.69 Å². The molecule has 0 aromatic heterocycles. The topological polar surface area (TPSA) is 44.3 Å². The Labute approximate surface area is 191 Å². The van der Waals surface area contributed by atoms with E-state index in [0.717, 1.165) is 0 Å². The highest BCUT2D eigenvalue weighted by Crippen LogP contribution is 2.37. The number of hydrogen-bond donors (Lipinski definition) is 3. The zero-order valence-electron chi connectivity index (χ0n) is 16.8. The summed E-state index contributed by atoms with van der Waals surface area (Å²) >= 11 is 5.16. The third-order valence-corrected chi connectivity index (χ3v) is 4.97. The summed E-state index contributed by atoms with van der Waals surface area (Å²) in [7, 11) is 0. The molecule has 3 aromatic carbocycles. The summed E-state index contributed by atoms with van der Waals surface area (Å²) in [5.41, 5.74) is -2.27. The summed E-state index contributed by atoms with van der Waals surface area (Å²) in [5.74, 6) is 0. The van der Waals surface area contributed by atoms with Crippen molar-refractivity contribution in [3.63, 3.8) is 0 Å². The van der Waals surface area contributed by atoms with Crippen molar-refractivity contribution >= 4 is 23.0 Å². The van der Waals surface area contributed by atoms with Crippen LogP contribution >= 0.6 is 12.2 Å². The number of aliphatic hydroxyl groups is 1. The van der Waals surface area contributed by atoms with Crippen molar-refractivity contribution in [3.05, 3.63) is 101 Å². The lowest BCUT2D eigenvalue weighted by atomic mass is 9.96. The Morgan fingerprint density at radius 1 is 0.727 bits per heavy atom. The molecule has 0 saturated carbocycles. The number of aliphatic hydroxyl groups excluding tert-OH is 1. The van der Waals surface area contributed by atoms with Gasteiger partial charge in [-0.1, -0.05) is 60.7 Å². The number of rotatable bonds is 5. The minimum Gasteiger partial charge on any atom is -0.386 e. The van der Waals surface area contributed by atoms with E-state index in [1.165, 1.54) is 0 Å². The molecule has 33 heavy (non-hydrogen) atoms. The molecule has 3 aromatic rings. The van der Waals surface area contributed by atoms with Crippen molar-refractivity contribution in [2.24, 2.45) is 0 Å². The average molecular weight is 484 g/mol. The fourth-order valence-electron chi connectivity index (χ4n) is 3.18. The predicted octanol–water partition coefficient (Wildman–Crippen LogP) is 6.49. The van der Waals surface area contributed by atoms with Crippen LogP contribution < -0.4 is 10.6 Å². The first-order chi connectivity index (χ1) is 15.4. The predicted molar refractivity (Wildman–Crippen MR) is 116 cm³/mol. The van der Waals surface area contributed by atoms with E-state index in [0.29, 0.717) is 23.3 Å². The highest BCUT2D eigenvalue weighted by Gasteiger charge is 2.37. The maximum Gasteiger partial charge on any atom is 0.416 e. The summed E-state index contributed by atoms with van der Waals surface area (Å²) < 4.78 is 78.7. The maximum atomic E-state index is 13.1. The summed E-state index contributed by atoms with van der Waals surface area (Å²) in [6.45, 7) is 0. The van der Waals surface area contributed by atoms with Crippen LogP contribution in [-0.4, -0.2) is 10.2 Å². The zero-order valence-corrected chi connectivity index (χ0v) is 17.6. The Kier molecular flexibility index (Phi) is 7.28. The third-order valence-electron chi connectivity index (χ3n) is 4.75. The van der Waals surface area contributed by atoms with E-state index in [9.17, 15) is 31.4 Å². The molecular weight excluding hydrogens is 466 g/mol. The van der Waals surface area contributed by atoms with Crippen LogP contribution in [0.25, 0.3) is 0 Å². The van der Waals surface area contributed by atoms with Crippen molar-refractivity contribution in [1.29, 1.82) is 0 Å². The largest absolute Gasteiger partial charge is 0.416 e. The normalized spacial score (nSPS) is 13.8. The van der Waals surface area contributed by atoms with Crippen LogP contribution in [0.2, 0.25) is 0 Å². The van der Waals surface area contributed by atoms with E-state index < -0.39 is 41.3 Å². The van der Waals surface area contributed by atoms with Crippen LogP contribution in [0.5, 0.6) is 0 Å². The summed E-state index contributed by atoms with van der Waals surface area (Å²) in [6, 6.07) is 17.5. The molecular formula is C23H18F6N2OS. The average Bonchev–Trinajstić information content (AvgIpc) is 2.77. The summed E-state index contributed by atoms with van der Waals surface area (Å²) in [4.78, 5) is 0. The molecule has 0 aliphatic carbocycles. The van der Waals surface area contributed by atoms with Gasteiger partial charge in [0.2, 0.25) is 0 Å². The first-order valence-corrected chi connectivity index (χ1v) is 10.0. The van der Waals surface area contributed by atoms with Crippen LogP contribution in [0.4, 0.5) is 32.0 Å². The van der Waals surface area contributed by atoms with Crippen LogP contribution in [0, 0.1) is 0 Å². The quantitative estimate of drug-likeness (QED) is 0.286. The molecule has 0 fully saturated rings. The second-order valence-corrected chi connectivity index (χ2v) is 7.55. The van der Waals surface area contributed by atoms with Crippen molar-refractivity contribution in [1.82, 2.24) is 5.32 Å². The third kappa shape index (κ3) is 6.45. The molecule has 0 amide bonds. The molecule has 10 heteroatoms. The lowest BCUT2D eigenvalue weighted by Gasteiger charge is -2.27. The van der Waals surface area contributed by atoms with Gasteiger partial charge in [-0.25, -0.2) is 0 Å². The van der Waals surface area contributed by atoms with Gasteiger partial charge in [0.25, 0.3) is 0 Å². The summed E-state index contributed by atoms with van der Waals surface area (Å²) in [5, 5.41) is 15.8. The number of halogens is 6. The van der Waals surface area contributed by atoms with E-state index in [1.807, 2.05) is 0 Å². The maximum absolute atomic E-state index is 13.1. The van der Waals surface area contributed by atoms with Gasteiger partial charge in [0.1, 0.15) is 6.10 Å². The molecule has 0 bridgehead atoms. The fourth-order valence-corrected chi connectivity index (χ4v) is 3.43. The Morgan fingerprint density at radius 2 is 1.18 bits per heavy atom. The fraction of sp³-hybridized carbons (Fsp3) is 0.174. The molecule has 0 spiro atoms. The molecule has 0 unspecified atom stereocenters. The highest BCUT2D eigenvalue weighted by molar-refractivity contribution is 7.80. The molecule has 0 aliphatic heterocycles. The van der Waals surface area contributed by atoms with Gasteiger partial charge >= 0.3 is 12.4 Å². The van der Waals surface area contributed by atoms with Gasteiger partial charge in [-0.05, 0) is 41.5 Å². The van der Waals surface area contributed by atoms with Gasteiger partial charge in [-0.15, -0.1) is 0 Å². The molecule has 3 rings (SSSR count). The molecule has 0 heterocycles. The zero-order chi connectivity index (χ0) is 24.2. The van der Waals surface area contributed by atoms with Crippen LogP contribution in [-0.2, 0) is 12.4 Å². The minimum atomic E-state index is -4.98. The van der Waals surface area contributed by atoms with E-state index in [-0.39, 0.29) is 11.2 Å². The molecule has 0 saturated heterocycles. The van der Waals surface area contributed by atoms with Crippen LogP contribution in [0.1, 0.15) is 34.4 Å². The number of alkyl halides is 6. The SMILES string of the molecule is O[C@H](c1ccccc1)[C@H](NC(=S)Nc1cc(C(F)(F)F)cc(C(F)(F)F)c1)c1ccccc1. The van der Waals surface area contributed by atoms with Gasteiger partial charge < -0.3 is 15.7 Å². The lowest BCUT2D eigenvalue weighted by molar-refractivity contribution is -0.143.